The minimum Gasteiger partial charge on any atom is -0.452 e. The molecule has 140 valence electrons. The Kier molecular flexibility index (Phi) is 5.11. The van der Waals surface area contributed by atoms with Crippen LogP contribution in [-0.4, -0.2) is 25.9 Å². The summed E-state index contributed by atoms with van der Waals surface area (Å²) < 4.78 is 12.1. The molecule has 0 unspecified atom stereocenters. The predicted molar refractivity (Wildman–Crippen MR) is 105 cm³/mol. The molecule has 0 N–H and O–H groups in total. The SMILES string of the molecule is Cc1nnc(COC(=O)/C=C/c2cn(-c3ccccc3)nc2-c2cccs2)o1. The van der Waals surface area contributed by atoms with Crippen molar-refractivity contribution < 1.29 is 13.9 Å². The molecule has 0 spiro atoms. The van der Waals surface area contributed by atoms with Crippen LogP contribution >= 0.6 is 11.3 Å². The Morgan fingerprint density at radius 2 is 2.07 bits per heavy atom. The second-order valence-corrected chi connectivity index (χ2v) is 6.79. The van der Waals surface area contributed by atoms with Crippen LogP contribution in [0, 0.1) is 6.92 Å². The Balaban J connectivity index is 1.55. The third kappa shape index (κ3) is 4.07. The lowest BCUT2D eigenvalue weighted by atomic mass is 10.2. The van der Waals surface area contributed by atoms with Crippen molar-refractivity contribution in [2.24, 2.45) is 0 Å². The fourth-order valence-electron chi connectivity index (χ4n) is 2.56. The highest BCUT2D eigenvalue weighted by molar-refractivity contribution is 7.13. The van der Waals surface area contributed by atoms with Crippen LogP contribution in [0.5, 0.6) is 0 Å². The molecule has 3 heterocycles. The Bertz CT molecular complexity index is 1100. The Morgan fingerprint density at radius 1 is 1.21 bits per heavy atom. The van der Waals surface area contributed by atoms with Crippen LogP contribution in [0.2, 0.25) is 0 Å². The molecule has 0 aliphatic heterocycles. The molecule has 0 fully saturated rings. The Morgan fingerprint density at radius 3 is 2.79 bits per heavy atom. The first-order valence-electron chi connectivity index (χ1n) is 8.52. The van der Waals surface area contributed by atoms with E-state index in [1.807, 2.05) is 54.0 Å². The zero-order chi connectivity index (χ0) is 19.3. The lowest BCUT2D eigenvalue weighted by Crippen LogP contribution is -2.00. The van der Waals surface area contributed by atoms with Gasteiger partial charge in [-0.3, -0.25) is 0 Å². The van der Waals surface area contributed by atoms with Crippen LogP contribution < -0.4 is 0 Å². The molecule has 0 bridgehead atoms. The first kappa shape index (κ1) is 17.9. The van der Waals surface area contributed by atoms with E-state index in [4.69, 9.17) is 9.15 Å². The average molecular weight is 392 g/mol. The molecule has 0 radical (unpaired) electrons. The summed E-state index contributed by atoms with van der Waals surface area (Å²) in [6, 6.07) is 13.8. The standard InChI is InChI=1S/C20H16N4O3S/c1-14-21-22-18(27-14)13-26-19(25)10-9-15-12-24(16-6-3-2-4-7-16)23-20(15)17-8-5-11-28-17/h2-12H,13H2,1H3/b10-9+. The van der Waals surface area contributed by atoms with Crippen LogP contribution in [0.25, 0.3) is 22.3 Å². The number of nitrogens with zero attached hydrogens (tertiary/aromatic N) is 4. The monoisotopic (exact) mass is 392 g/mol. The van der Waals surface area contributed by atoms with Crippen LogP contribution in [0.15, 0.2) is 64.5 Å². The second kappa shape index (κ2) is 8.01. The van der Waals surface area contributed by atoms with E-state index in [-0.39, 0.29) is 12.5 Å². The maximum Gasteiger partial charge on any atom is 0.331 e. The summed E-state index contributed by atoms with van der Waals surface area (Å²) in [7, 11) is 0. The van der Waals surface area contributed by atoms with E-state index in [9.17, 15) is 4.79 Å². The fourth-order valence-corrected chi connectivity index (χ4v) is 3.29. The highest BCUT2D eigenvalue weighted by Gasteiger charge is 2.12. The minimum atomic E-state index is -0.500. The number of ether oxygens (including phenoxy) is 1. The lowest BCUT2D eigenvalue weighted by molar-refractivity contribution is -0.139. The van der Waals surface area contributed by atoms with Gasteiger partial charge in [-0.1, -0.05) is 24.3 Å². The van der Waals surface area contributed by atoms with Gasteiger partial charge in [-0.05, 0) is 29.7 Å². The van der Waals surface area contributed by atoms with E-state index in [2.05, 4.69) is 15.3 Å². The highest BCUT2D eigenvalue weighted by atomic mass is 32.1. The molecule has 0 saturated heterocycles. The number of aromatic nitrogens is 4. The highest BCUT2D eigenvalue weighted by Crippen LogP contribution is 2.28. The number of hydrogen-bond donors (Lipinski definition) is 0. The largest absolute Gasteiger partial charge is 0.452 e. The number of rotatable bonds is 6. The van der Waals surface area contributed by atoms with Crippen LogP contribution in [-0.2, 0) is 16.1 Å². The molecule has 3 aromatic heterocycles. The van der Waals surface area contributed by atoms with Gasteiger partial charge in [0.1, 0.15) is 5.69 Å². The van der Waals surface area contributed by atoms with Gasteiger partial charge in [-0.25, -0.2) is 9.48 Å². The zero-order valence-electron chi connectivity index (χ0n) is 15.0. The molecular weight excluding hydrogens is 376 g/mol. The maximum absolute atomic E-state index is 12.0. The van der Waals surface area contributed by atoms with Crippen molar-refractivity contribution in [3.05, 3.63) is 77.5 Å². The third-order valence-corrected chi connectivity index (χ3v) is 4.70. The summed E-state index contributed by atoms with van der Waals surface area (Å²) in [5.41, 5.74) is 2.56. The van der Waals surface area contributed by atoms with Gasteiger partial charge in [-0.15, -0.1) is 21.5 Å². The van der Waals surface area contributed by atoms with Gasteiger partial charge in [0.25, 0.3) is 5.89 Å². The van der Waals surface area contributed by atoms with Crippen molar-refractivity contribution in [3.63, 3.8) is 0 Å². The predicted octanol–water partition coefficient (Wildman–Crippen LogP) is 4.05. The van der Waals surface area contributed by atoms with Gasteiger partial charge in [0.2, 0.25) is 5.89 Å². The van der Waals surface area contributed by atoms with Crippen molar-refractivity contribution in [2.75, 3.05) is 0 Å². The molecule has 7 nitrogen and oxygen atoms in total. The van der Waals surface area contributed by atoms with Gasteiger partial charge < -0.3 is 9.15 Å². The van der Waals surface area contributed by atoms with Crippen molar-refractivity contribution in [1.29, 1.82) is 0 Å². The molecule has 0 amide bonds. The van der Waals surface area contributed by atoms with Gasteiger partial charge in [0.15, 0.2) is 6.61 Å². The summed E-state index contributed by atoms with van der Waals surface area (Å²) in [5.74, 6) is 0.186. The summed E-state index contributed by atoms with van der Waals surface area (Å²) in [4.78, 5) is 13.1. The number of hydrogen-bond acceptors (Lipinski definition) is 7. The summed E-state index contributed by atoms with van der Waals surface area (Å²) in [6.45, 7) is 1.61. The average Bonchev–Trinajstić information content (AvgIpc) is 3.46. The topological polar surface area (TPSA) is 83.0 Å². The quantitative estimate of drug-likeness (QED) is 0.364. The van der Waals surface area contributed by atoms with Crippen LogP contribution in [0.4, 0.5) is 0 Å². The summed E-state index contributed by atoms with van der Waals surface area (Å²) in [5, 5.41) is 14.2. The number of para-hydroxylation sites is 1. The van der Waals surface area contributed by atoms with Gasteiger partial charge >= 0.3 is 5.97 Å². The Hall–Kier alpha value is -3.52. The lowest BCUT2D eigenvalue weighted by Gasteiger charge is -1.99. The molecule has 0 aliphatic rings. The van der Waals surface area contributed by atoms with Crippen LogP contribution in [0.1, 0.15) is 17.3 Å². The van der Waals surface area contributed by atoms with E-state index < -0.39 is 5.97 Å². The minimum absolute atomic E-state index is 0.0644. The van der Waals surface area contributed by atoms with Gasteiger partial charge in [-0.2, -0.15) is 5.10 Å². The van der Waals surface area contributed by atoms with Crippen molar-refractivity contribution in [2.45, 2.75) is 13.5 Å². The molecule has 4 aromatic rings. The third-order valence-electron chi connectivity index (χ3n) is 3.82. The molecule has 0 aliphatic carbocycles. The number of aryl methyl sites for hydroxylation is 1. The van der Waals surface area contributed by atoms with E-state index >= 15 is 0 Å². The van der Waals surface area contributed by atoms with Crippen LogP contribution in [0.3, 0.4) is 0 Å². The fraction of sp³-hybridized carbons (Fsp3) is 0.100. The van der Waals surface area contributed by atoms with Crippen molar-refractivity contribution in [1.82, 2.24) is 20.0 Å². The molecule has 0 saturated carbocycles. The normalized spacial score (nSPS) is 11.2. The number of carbonyl (C=O) groups excluding carboxylic acids is 1. The van der Waals surface area contributed by atoms with Crippen molar-refractivity contribution in [3.8, 4) is 16.3 Å². The van der Waals surface area contributed by atoms with Gasteiger partial charge in [0, 0.05) is 24.8 Å². The maximum atomic E-state index is 12.0. The van der Waals surface area contributed by atoms with Crippen molar-refractivity contribution >= 4 is 23.4 Å². The van der Waals surface area contributed by atoms with E-state index in [1.54, 1.807) is 29.0 Å². The first-order chi connectivity index (χ1) is 13.7. The molecule has 28 heavy (non-hydrogen) atoms. The number of esters is 1. The smallest absolute Gasteiger partial charge is 0.331 e. The van der Waals surface area contributed by atoms with E-state index in [1.165, 1.54) is 6.08 Å². The van der Waals surface area contributed by atoms with E-state index in [0.29, 0.717) is 5.89 Å². The molecule has 4 rings (SSSR count). The molecule has 1 aromatic carbocycles. The summed E-state index contributed by atoms with van der Waals surface area (Å²) in [6.07, 6.45) is 4.95. The molecule has 0 atom stereocenters. The second-order valence-electron chi connectivity index (χ2n) is 5.85. The van der Waals surface area contributed by atoms with Gasteiger partial charge in [0.05, 0.1) is 10.6 Å². The zero-order valence-corrected chi connectivity index (χ0v) is 15.8. The number of carbonyl (C=O) groups is 1. The summed E-state index contributed by atoms with van der Waals surface area (Å²) >= 11 is 1.59. The number of benzene rings is 1. The van der Waals surface area contributed by atoms with E-state index in [0.717, 1.165) is 21.8 Å². The first-order valence-corrected chi connectivity index (χ1v) is 9.40. The molecule has 8 heteroatoms. The number of thiophene rings is 1. The molecular formula is C20H16N4O3S. The Labute approximate surface area is 164 Å².